The van der Waals surface area contributed by atoms with Gasteiger partial charge in [0.05, 0.1) is 20.4 Å². The van der Waals surface area contributed by atoms with Crippen molar-refractivity contribution >= 4 is 23.0 Å². The molecule has 0 bridgehead atoms. The first kappa shape index (κ1) is 21.4. The summed E-state index contributed by atoms with van der Waals surface area (Å²) in [6, 6.07) is 8.04. The SMILES string of the molecule is COc1cc(/C=C2/C(C)=C(CCC(=O)c3ncco3)c3cc(F)ccc32)cc(OC)c1O. The van der Waals surface area contributed by atoms with Crippen LogP contribution < -0.4 is 9.47 Å². The van der Waals surface area contributed by atoms with Crippen LogP contribution in [0.15, 0.2) is 52.8 Å². The smallest absolute Gasteiger partial charge is 0.263 e. The van der Waals surface area contributed by atoms with Crippen molar-refractivity contribution in [3.8, 4) is 17.2 Å². The van der Waals surface area contributed by atoms with Gasteiger partial charge in [0.15, 0.2) is 11.5 Å². The second-order valence-electron chi connectivity index (χ2n) is 7.39. The molecule has 0 unspecified atom stereocenters. The molecule has 164 valence electrons. The van der Waals surface area contributed by atoms with Gasteiger partial charge in [-0.15, -0.1) is 0 Å². The van der Waals surface area contributed by atoms with Crippen molar-refractivity contribution in [1.29, 1.82) is 0 Å². The van der Waals surface area contributed by atoms with Crippen molar-refractivity contribution in [1.82, 2.24) is 4.98 Å². The van der Waals surface area contributed by atoms with Gasteiger partial charge >= 0.3 is 0 Å². The maximum atomic E-state index is 14.1. The Morgan fingerprint density at radius 1 is 1.16 bits per heavy atom. The summed E-state index contributed by atoms with van der Waals surface area (Å²) in [6.45, 7) is 1.95. The summed E-state index contributed by atoms with van der Waals surface area (Å²) in [4.78, 5) is 16.3. The predicted molar refractivity (Wildman–Crippen MR) is 118 cm³/mol. The molecule has 2 aromatic carbocycles. The Labute approximate surface area is 184 Å². The number of halogens is 1. The molecule has 3 aromatic rings. The summed E-state index contributed by atoms with van der Waals surface area (Å²) in [7, 11) is 2.93. The molecular formula is C25H22FNO5. The van der Waals surface area contributed by atoms with E-state index in [4.69, 9.17) is 13.9 Å². The number of benzene rings is 2. The summed E-state index contributed by atoms with van der Waals surface area (Å²) >= 11 is 0. The number of ketones is 1. The molecule has 1 N–H and O–H groups in total. The number of carbonyl (C=O) groups is 1. The van der Waals surface area contributed by atoms with E-state index in [9.17, 15) is 14.3 Å². The summed E-state index contributed by atoms with van der Waals surface area (Å²) < 4.78 is 29.7. The first-order valence-corrected chi connectivity index (χ1v) is 10.0. The fourth-order valence-corrected chi connectivity index (χ4v) is 3.95. The Hall–Kier alpha value is -3.87. The van der Waals surface area contributed by atoms with Crippen LogP contribution in [0.25, 0.3) is 17.2 Å². The predicted octanol–water partition coefficient (Wildman–Crippen LogP) is 5.53. The van der Waals surface area contributed by atoms with Crippen LogP contribution in [0.2, 0.25) is 0 Å². The van der Waals surface area contributed by atoms with Crippen molar-refractivity contribution < 1.29 is 28.2 Å². The van der Waals surface area contributed by atoms with Crippen LogP contribution in [0.3, 0.4) is 0 Å². The highest BCUT2D eigenvalue weighted by atomic mass is 19.1. The van der Waals surface area contributed by atoms with Gasteiger partial charge in [-0.3, -0.25) is 4.79 Å². The molecule has 0 spiro atoms. The molecule has 0 atom stereocenters. The number of aromatic hydroxyl groups is 1. The first-order chi connectivity index (χ1) is 15.4. The summed E-state index contributed by atoms with van der Waals surface area (Å²) in [5, 5.41) is 10.2. The minimum atomic E-state index is -0.345. The highest BCUT2D eigenvalue weighted by molar-refractivity contribution is 6.06. The molecule has 0 aliphatic heterocycles. The molecule has 0 saturated carbocycles. The van der Waals surface area contributed by atoms with Gasteiger partial charge < -0.3 is 19.0 Å². The van der Waals surface area contributed by atoms with Crippen molar-refractivity contribution in [3.63, 3.8) is 0 Å². The molecule has 1 heterocycles. The Morgan fingerprint density at radius 3 is 2.50 bits per heavy atom. The number of allylic oxidation sites excluding steroid dienone is 3. The minimum absolute atomic E-state index is 0.0692. The summed E-state index contributed by atoms with van der Waals surface area (Å²) in [5.41, 5.74) is 5.10. The third-order valence-electron chi connectivity index (χ3n) is 5.54. The monoisotopic (exact) mass is 435 g/mol. The quantitative estimate of drug-likeness (QED) is 0.492. The maximum Gasteiger partial charge on any atom is 0.263 e. The topological polar surface area (TPSA) is 81.8 Å². The van der Waals surface area contributed by atoms with Crippen molar-refractivity contribution in [3.05, 3.63) is 76.8 Å². The molecule has 1 aliphatic rings. The van der Waals surface area contributed by atoms with Crippen LogP contribution in [0.1, 0.15) is 47.1 Å². The molecule has 0 amide bonds. The zero-order valence-electron chi connectivity index (χ0n) is 17.9. The van der Waals surface area contributed by atoms with Crippen molar-refractivity contribution in [2.45, 2.75) is 19.8 Å². The average Bonchev–Trinajstić information content (AvgIpc) is 3.41. The second-order valence-corrected chi connectivity index (χ2v) is 7.39. The van der Waals surface area contributed by atoms with E-state index in [1.54, 1.807) is 18.2 Å². The van der Waals surface area contributed by atoms with E-state index in [1.165, 1.54) is 38.8 Å². The first-order valence-electron chi connectivity index (χ1n) is 10.0. The summed E-state index contributed by atoms with van der Waals surface area (Å²) in [6.07, 6.45) is 5.33. The second kappa shape index (κ2) is 8.70. The lowest BCUT2D eigenvalue weighted by Crippen LogP contribution is -2.00. The Morgan fingerprint density at radius 2 is 1.88 bits per heavy atom. The molecule has 0 radical (unpaired) electrons. The van der Waals surface area contributed by atoms with Gasteiger partial charge in [-0.25, -0.2) is 9.37 Å². The van der Waals surface area contributed by atoms with Crippen molar-refractivity contribution in [2.24, 2.45) is 0 Å². The number of methoxy groups -OCH3 is 2. The maximum absolute atomic E-state index is 14.1. The number of oxazole rings is 1. The van der Waals surface area contributed by atoms with Crippen LogP contribution in [0.4, 0.5) is 4.39 Å². The molecule has 4 rings (SSSR count). The molecule has 0 saturated heterocycles. The van der Waals surface area contributed by atoms with Gasteiger partial charge in [0.25, 0.3) is 5.89 Å². The van der Waals surface area contributed by atoms with Crippen LogP contribution in [-0.4, -0.2) is 30.1 Å². The molecule has 1 aliphatic carbocycles. The van der Waals surface area contributed by atoms with E-state index in [-0.39, 0.29) is 41.2 Å². The van der Waals surface area contributed by atoms with Crippen LogP contribution >= 0.6 is 0 Å². The van der Waals surface area contributed by atoms with Crippen LogP contribution in [0, 0.1) is 5.82 Å². The minimum Gasteiger partial charge on any atom is -0.502 e. The molecule has 32 heavy (non-hydrogen) atoms. The number of Topliss-reactive ketones (excluding diaryl/α,β-unsaturated/α-hetero) is 1. The number of carbonyl (C=O) groups excluding carboxylic acids is 1. The number of rotatable bonds is 7. The number of ether oxygens (including phenoxy) is 2. The Balaban J connectivity index is 1.75. The van der Waals surface area contributed by atoms with Gasteiger partial charge in [0.2, 0.25) is 11.5 Å². The average molecular weight is 435 g/mol. The largest absolute Gasteiger partial charge is 0.502 e. The number of nitrogens with zero attached hydrogens (tertiary/aromatic N) is 1. The number of hydrogen-bond donors (Lipinski definition) is 1. The van der Waals surface area contributed by atoms with E-state index >= 15 is 0 Å². The fraction of sp³-hybridized carbons (Fsp3) is 0.200. The number of fused-ring (bicyclic) bond motifs is 1. The zero-order chi connectivity index (χ0) is 22.8. The number of hydrogen-bond acceptors (Lipinski definition) is 6. The number of phenolic OH excluding ortho intramolecular Hbond substituents is 1. The van der Waals surface area contributed by atoms with E-state index < -0.39 is 0 Å². The normalized spacial score (nSPS) is 14.1. The molecule has 6 nitrogen and oxygen atoms in total. The lowest BCUT2D eigenvalue weighted by Gasteiger charge is -2.11. The van der Waals surface area contributed by atoms with Gasteiger partial charge in [0, 0.05) is 6.42 Å². The number of phenols is 1. The van der Waals surface area contributed by atoms with Gasteiger partial charge in [0.1, 0.15) is 12.1 Å². The highest BCUT2D eigenvalue weighted by Gasteiger charge is 2.25. The molecule has 1 aromatic heterocycles. The van der Waals surface area contributed by atoms with Gasteiger partial charge in [-0.1, -0.05) is 6.07 Å². The summed E-state index contributed by atoms with van der Waals surface area (Å²) in [5.74, 6) is 0.00338. The Bertz CT molecular complexity index is 1220. The Kier molecular flexibility index (Phi) is 5.81. The van der Waals surface area contributed by atoms with E-state index in [0.717, 1.165) is 33.4 Å². The van der Waals surface area contributed by atoms with Crippen LogP contribution in [0.5, 0.6) is 17.2 Å². The van der Waals surface area contributed by atoms with E-state index in [1.807, 2.05) is 13.0 Å². The third-order valence-corrected chi connectivity index (χ3v) is 5.54. The lowest BCUT2D eigenvalue weighted by molar-refractivity contribution is 0.0951. The van der Waals surface area contributed by atoms with E-state index in [2.05, 4.69) is 4.98 Å². The number of aromatic nitrogens is 1. The molecular weight excluding hydrogens is 413 g/mol. The van der Waals surface area contributed by atoms with Gasteiger partial charge in [-0.2, -0.15) is 0 Å². The standard InChI is InChI=1S/C25H22FNO5/c1-14-17(6-7-21(28)25-27-8-9-32-25)20-13-16(26)4-5-18(20)19(14)10-15-11-22(30-2)24(29)23(12-15)31-3/h4-5,8-13,29H,6-7H2,1-3H3/b19-10-. The lowest BCUT2D eigenvalue weighted by atomic mass is 9.99. The zero-order valence-corrected chi connectivity index (χ0v) is 17.9. The molecule has 0 fully saturated rings. The van der Waals surface area contributed by atoms with Crippen LogP contribution in [-0.2, 0) is 0 Å². The third kappa shape index (κ3) is 3.89. The fourth-order valence-electron chi connectivity index (χ4n) is 3.95. The van der Waals surface area contributed by atoms with E-state index in [0.29, 0.717) is 6.42 Å². The van der Waals surface area contributed by atoms with Gasteiger partial charge in [-0.05, 0) is 77.1 Å². The van der Waals surface area contributed by atoms with Crippen molar-refractivity contribution in [2.75, 3.05) is 14.2 Å². The highest BCUT2D eigenvalue weighted by Crippen LogP contribution is 2.45. The molecule has 7 heteroatoms.